The van der Waals surface area contributed by atoms with Gasteiger partial charge in [-0.3, -0.25) is 4.68 Å². The van der Waals surface area contributed by atoms with E-state index in [2.05, 4.69) is 21.3 Å². The SMILES string of the molecule is Cc1cc(-c2nc(-c3ccc(C4(F)COC4)cc3)no2)nn1Cc1cccc(CC(C)(C)O)c1. The molecule has 1 aliphatic rings. The zero-order chi connectivity index (χ0) is 23.9. The lowest BCUT2D eigenvalue weighted by molar-refractivity contribution is -0.135. The maximum Gasteiger partial charge on any atom is 0.278 e. The van der Waals surface area contributed by atoms with Crippen molar-refractivity contribution < 1.29 is 18.8 Å². The fourth-order valence-electron chi connectivity index (χ4n) is 4.10. The lowest BCUT2D eigenvalue weighted by atomic mass is 9.93. The molecule has 1 fully saturated rings. The molecular weight excluding hydrogens is 435 g/mol. The summed E-state index contributed by atoms with van der Waals surface area (Å²) in [5, 5.41) is 18.8. The molecule has 176 valence electrons. The predicted octanol–water partition coefficient (Wildman–Crippen LogP) is 4.47. The third-order valence-electron chi connectivity index (χ3n) is 5.91. The van der Waals surface area contributed by atoms with E-state index in [0.29, 0.717) is 35.9 Å². The standard InChI is InChI=1S/C26H27FN4O3/c1-17-11-22(29-31(17)14-19-6-4-5-18(12-19)13-25(2,3)32)24-28-23(30-34-24)20-7-9-21(10-8-20)26(27)15-33-16-26/h4-12,32H,13-16H2,1-3H3. The van der Waals surface area contributed by atoms with Crippen LogP contribution in [0.15, 0.2) is 59.1 Å². The van der Waals surface area contributed by atoms with Crippen LogP contribution < -0.4 is 0 Å². The summed E-state index contributed by atoms with van der Waals surface area (Å²) in [5.74, 6) is 0.747. The van der Waals surface area contributed by atoms with Crippen molar-refractivity contribution in [1.29, 1.82) is 0 Å². The quantitative estimate of drug-likeness (QED) is 0.436. The summed E-state index contributed by atoms with van der Waals surface area (Å²) in [5.41, 5.74) is 2.88. The molecule has 34 heavy (non-hydrogen) atoms. The number of aryl methyl sites for hydroxylation is 1. The van der Waals surface area contributed by atoms with E-state index < -0.39 is 11.3 Å². The highest BCUT2D eigenvalue weighted by atomic mass is 19.1. The Balaban J connectivity index is 1.32. The van der Waals surface area contributed by atoms with E-state index in [1.165, 1.54) is 0 Å². The Morgan fingerprint density at radius 1 is 1.09 bits per heavy atom. The number of hydrogen-bond acceptors (Lipinski definition) is 6. The number of halogens is 1. The summed E-state index contributed by atoms with van der Waals surface area (Å²) in [7, 11) is 0. The van der Waals surface area contributed by atoms with Crippen LogP contribution in [0, 0.1) is 6.92 Å². The van der Waals surface area contributed by atoms with Gasteiger partial charge in [-0.15, -0.1) is 0 Å². The summed E-state index contributed by atoms with van der Waals surface area (Å²) >= 11 is 0. The summed E-state index contributed by atoms with van der Waals surface area (Å²) in [6.07, 6.45) is 0.579. The lowest BCUT2D eigenvalue weighted by Gasteiger charge is -2.34. The molecule has 2 aromatic heterocycles. The molecule has 1 N–H and O–H groups in total. The van der Waals surface area contributed by atoms with Gasteiger partial charge in [0.1, 0.15) is 0 Å². The summed E-state index contributed by atoms with van der Waals surface area (Å²) in [6, 6.07) is 17.1. The normalized spacial score (nSPS) is 15.3. The first-order valence-corrected chi connectivity index (χ1v) is 11.2. The van der Waals surface area contributed by atoms with Crippen molar-refractivity contribution in [3.05, 3.63) is 77.0 Å². The van der Waals surface area contributed by atoms with Crippen LogP contribution in [0.1, 0.15) is 36.2 Å². The number of aromatic nitrogens is 4. The first-order chi connectivity index (χ1) is 16.2. The van der Waals surface area contributed by atoms with E-state index in [9.17, 15) is 9.50 Å². The Kier molecular flexibility index (Phi) is 5.58. The maximum atomic E-state index is 14.5. The Morgan fingerprint density at radius 2 is 1.82 bits per heavy atom. The van der Waals surface area contributed by atoms with Gasteiger partial charge in [0.25, 0.3) is 5.89 Å². The van der Waals surface area contributed by atoms with Crippen molar-refractivity contribution in [2.45, 2.75) is 45.0 Å². The third-order valence-corrected chi connectivity index (χ3v) is 5.91. The second-order valence-corrected chi connectivity index (χ2v) is 9.60. The average molecular weight is 463 g/mol. The Morgan fingerprint density at radius 3 is 2.50 bits per heavy atom. The number of aliphatic hydroxyl groups is 1. The van der Waals surface area contributed by atoms with Gasteiger partial charge in [0, 0.05) is 17.7 Å². The van der Waals surface area contributed by atoms with Crippen LogP contribution in [0.2, 0.25) is 0 Å². The van der Waals surface area contributed by atoms with Crippen molar-refractivity contribution >= 4 is 0 Å². The number of benzene rings is 2. The highest BCUT2D eigenvalue weighted by Gasteiger charge is 2.40. The molecule has 1 saturated heterocycles. The summed E-state index contributed by atoms with van der Waals surface area (Å²) < 4.78 is 26.8. The molecule has 1 aliphatic heterocycles. The molecule has 0 aliphatic carbocycles. The number of hydrogen-bond donors (Lipinski definition) is 1. The monoisotopic (exact) mass is 462 g/mol. The van der Waals surface area contributed by atoms with E-state index in [-0.39, 0.29) is 13.2 Å². The number of nitrogens with zero attached hydrogens (tertiary/aromatic N) is 4. The van der Waals surface area contributed by atoms with Crippen molar-refractivity contribution in [2.24, 2.45) is 0 Å². The molecule has 0 spiro atoms. The lowest BCUT2D eigenvalue weighted by Crippen LogP contribution is -2.42. The molecule has 0 saturated carbocycles. The zero-order valence-electron chi connectivity index (χ0n) is 19.5. The Bertz CT molecular complexity index is 1300. The van der Waals surface area contributed by atoms with Gasteiger partial charge in [-0.1, -0.05) is 53.7 Å². The van der Waals surface area contributed by atoms with Gasteiger partial charge >= 0.3 is 0 Å². The minimum Gasteiger partial charge on any atom is -0.390 e. The molecular formula is C26H27FN4O3. The summed E-state index contributed by atoms with van der Waals surface area (Å²) in [6.45, 7) is 6.34. The molecule has 0 unspecified atom stereocenters. The first kappa shape index (κ1) is 22.4. The van der Waals surface area contributed by atoms with Gasteiger partial charge in [-0.05, 0) is 43.5 Å². The third kappa shape index (κ3) is 4.64. The smallest absolute Gasteiger partial charge is 0.278 e. The van der Waals surface area contributed by atoms with E-state index >= 15 is 0 Å². The van der Waals surface area contributed by atoms with E-state index in [4.69, 9.17) is 9.26 Å². The fraction of sp³-hybridized carbons (Fsp3) is 0.346. The molecule has 3 heterocycles. The van der Waals surface area contributed by atoms with Crippen LogP contribution in [0.3, 0.4) is 0 Å². The molecule has 7 nitrogen and oxygen atoms in total. The van der Waals surface area contributed by atoms with Crippen molar-refractivity contribution in [1.82, 2.24) is 19.9 Å². The van der Waals surface area contributed by atoms with Crippen molar-refractivity contribution in [3.63, 3.8) is 0 Å². The van der Waals surface area contributed by atoms with Crippen molar-refractivity contribution in [3.8, 4) is 23.0 Å². The van der Waals surface area contributed by atoms with Crippen molar-refractivity contribution in [2.75, 3.05) is 13.2 Å². The second-order valence-electron chi connectivity index (χ2n) is 9.60. The zero-order valence-corrected chi connectivity index (χ0v) is 19.5. The fourth-order valence-corrected chi connectivity index (χ4v) is 4.10. The minimum atomic E-state index is -1.40. The minimum absolute atomic E-state index is 0.0877. The van der Waals surface area contributed by atoms with Crippen LogP contribution in [-0.2, 0) is 23.4 Å². The maximum absolute atomic E-state index is 14.5. The topological polar surface area (TPSA) is 86.2 Å². The van der Waals surface area contributed by atoms with Crippen LogP contribution in [-0.4, -0.2) is 43.8 Å². The molecule has 0 amide bonds. The van der Waals surface area contributed by atoms with Crippen LogP contribution >= 0.6 is 0 Å². The molecule has 0 atom stereocenters. The second kappa shape index (κ2) is 8.45. The summed E-state index contributed by atoms with van der Waals surface area (Å²) in [4.78, 5) is 4.49. The molecule has 5 rings (SSSR count). The highest BCUT2D eigenvalue weighted by Crippen LogP contribution is 2.34. The van der Waals surface area contributed by atoms with E-state index in [0.717, 1.165) is 22.4 Å². The van der Waals surface area contributed by atoms with Crippen LogP contribution in [0.4, 0.5) is 4.39 Å². The highest BCUT2D eigenvalue weighted by molar-refractivity contribution is 5.58. The number of rotatable bonds is 7. The molecule has 2 aromatic carbocycles. The number of ether oxygens (including phenoxy) is 1. The Labute approximate surface area is 197 Å². The van der Waals surface area contributed by atoms with Gasteiger partial charge in [0.05, 0.1) is 25.4 Å². The predicted molar refractivity (Wildman–Crippen MR) is 125 cm³/mol. The van der Waals surface area contributed by atoms with Gasteiger partial charge in [0.2, 0.25) is 5.82 Å². The molecule has 8 heteroatoms. The van der Waals surface area contributed by atoms with Gasteiger partial charge < -0.3 is 14.4 Å². The van der Waals surface area contributed by atoms with Gasteiger partial charge in [0.15, 0.2) is 11.4 Å². The van der Waals surface area contributed by atoms with Gasteiger partial charge in [-0.25, -0.2) is 4.39 Å². The van der Waals surface area contributed by atoms with Gasteiger partial charge in [-0.2, -0.15) is 10.1 Å². The number of alkyl halides is 1. The van der Waals surface area contributed by atoms with E-state index in [1.807, 2.05) is 35.9 Å². The van der Waals surface area contributed by atoms with E-state index in [1.54, 1.807) is 38.1 Å². The molecule has 0 radical (unpaired) electrons. The largest absolute Gasteiger partial charge is 0.390 e. The van der Waals surface area contributed by atoms with Crippen LogP contribution in [0.5, 0.6) is 0 Å². The average Bonchev–Trinajstić information content (AvgIpc) is 3.39. The molecule has 0 bridgehead atoms. The van der Waals surface area contributed by atoms with Crippen LogP contribution in [0.25, 0.3) is 23.0 Å². The molecule has 4 aromatic rings. The first-order valence-electron chi connectivity index (χ1n) is 11.2. The Hall–Kier alpha value is -3.36.